The minimum atomic E-state index is -0.235. The van der Waals surface area contributed by atoms with Crippen LogP contribution in [-0.2, 0) is 0 Å². The van der Waals surface area contributed by atoms with Crippen LogP contribution in [-0.4, -0.2) is 32.0 Å². The van der Waals surface area contributed by atoms with Crippen LogP contribution in [0.2, 0.25) is 0 Å². The van der Waals surface area contributed by atoms with Crippen LogP contribution in [0.1, 0.15) is 6.92 Å². The molecule has 3 aromatic rings. The second kappa shape index (κ2) is 6.58. The number of ether oxygens (including phenoxy) is 1. The summed E-state index contributed by atoms with van der Waals surface area (Å²) in [5.74, 6) is 7.07. The third-order valence-corrected chi connectivity index (χ3v) is 4.05. The number of hydrogen-bond donors (Lipinski definition) is 0. The van der Waals surface area contributed by atoms with E-state index in [9.17, 15) is 4.79 Å². The zero-order valence-electron chi connectivity index (χ0n) is 12.7. The van der Waals surface area contributed by atoms with E-state index in [2.05, 4.69) is 22.0 Å². The molecule has 0 saturated heterocycles. The first-order chi connectivity index (χ1) is 11.2. The highest BCUT2D eigenvalue weighted by molar-refractivity contribution is 7.99. The van der Waals surface area contributed by atoms with Gasteiger partial charge in [0.2, 0.25) is 5.65 Å². The molecule has 6 nitrogen and oxygen atoms in total. The molecule has 0 N–H and O–H groups in total. The fourth-order valence-corrected chi connectivity index (χ4v) is 2.83. The molecule has 0 radical (unpaired) electrons. The van der Waals surface area contributed by atoms with Crippen molar-refractivity contribution in [3.63, 3.8) is 0 Å². The van der Waals surface area contributed by atoms with Gasteiger partial charge in [0, 0.05) is 18.5 Å². The largest absolute Gasteiger partial charge is 0.497 e. The van der Waals surface area contributed by atoms with E-state index in [1.165, 1.54) is 16.3 Å². The predicted molar refractivity (Wildman–Crippen MR) is 89.3 cm³/mol. The monoisotopic (exact) mass is 326 g/mol. The number of methoxy groups -OCH3 is 1. The Morgan fingerprint density at radius 2 is 2.17 bits per heavy atom. The molecule has 1 aromatic carbocycles. The molecule has 0 aliphatic heterocycles. The maximum Gasteiger partial charge on any atom is 0.300 e. The molecule has 0 amide bonds. The van der Waals surface area contributed by atoms with Crippen LogP contribution in [0, 0.1) is 11.8 Å². The van der Waals surface area contributed by atoms with Crippen LogP contribution < -0.4 is 10.3 Å². The van der Waals surface area contributed by atoms with E-state index in [1.807, 2.05) is 18.2 Å². The normalized spacial score (nSPS) is 10.3. The van der Waals surface area contributed by atoms with Gasteiger partial charge in [-0.15, -0.1) is 16.1 Å². The summed E-state index contributed by atoms with van der Waals surface area (Å²) < 4.78 is 8.40. The summed E-state index contributed by atoms with van der Waals surface area (Å²) in [6, 6.07) is 7.29. The standard InChI is InChI=1S/C16H14N4O2S/c1-3-4-10-23-16-18-17-14-15(21)19(8-9-20(14)16)12-6-5-7-13(11-12)22-2/h5-9,11H,10H2,1-2H3. The Labute approximate surface area is 137 Å². The van der Waals surface area contributed by atoms with Gasteiger partial charge in [0.1, 0.15) is 5.75 Å². The summed E-state index contributed by atoms with van der Waals surface area (Å²) in [6.45, 7) is 1.79. The maximum absolute atomic E-state index is 12.6. The van der Waals surface area contributed by atoms with Gasteiger partial charge in [0.15, 0.2) is 5.16 Å². The van der Waals surface area contributed by atoms with Crippen molar-refractivity contribution in [1.82, 2.24) is 19.2 Å². The summed E-state index contributed by atoms with van der Waals surface area (Å²) >= 11 is 1.45. The molecular formula is C16H14N4O2S. The lowest BCUT2D eigenvalue weighted by Gasteiger charge is -2.07. The van der Waals surface area contributed by atoms with Crippen molar-refractivity contribution in [2.45, 2.75) is 12.1 Å². The van der Waals surface area contributed by atoms with Crippen LogP contribution in [0.3, 0.4) is 0 Å². The van der Waals surface area contributed by atoms with E-state index in [0.717, 1.165) is 0 Å². The summed E-state index contributed by atoms with van der Waals surface area (Å²) in [5, 5.41) is 8.72. The molecule has 3 rings (SSSR count). The van der Waals surface area contributed by atoms with E-state index in [-0.39, 0.29) is 11.2 Å². The molecule has 0 saturated carbocycles. The average molecular weight is 326 g/mol. The number of rotatable bonds is 4. The average Bonchev–Trinajstić information content (AvgIpc) is 3.00. The summed E-state index contributed by atoms with van der Waals surface area (Å²) in [6.07, 6.45) is 3.47. The van der Waals surface area contributed by atoms with Gasteiger partial charge in [0.05, 0.1) is 18.6 Å². The van der Waals surface area contributed by atoms with Gasteiger partial charge in [-0.1, -0.05) is 23.7 Å². The van der Waals surface area contributed by atoms with Crippen molar-refractivity contribution < 1.29 is 4.74 Å². The molecule has 7 heteroatoms. The molecular weight excluding hydrogens is 312 g/mol. The van der Waals surface area contributed by atoms with Crippen molar-refractivity contribution in [3.8, 4) is 23.3 Å². The van der Waals surface area contributed by atoms with Gasteiger partial charge in [-0.05, 0) is 19.1 Å². The fraction of sp³-hybridized carbons (Fsp3) is 0.188. The zero-order chi connectivity index (χ0) is 16.2. The van der Waals surface area contributed by atoms with Gasteiger partial charge in [-0.2, -0.15) is 0 Å². The highest BCUT2D eigenvalue weighted by atomic mass is 32.2. The smallest absolute Gasteiger partial charge is 0.300 e. The van der Waals surface area contributed by atoms with E-state index in [0.29, 0.717) is 22.3 Å². The minimum Gasteiger partial charge on any atom is -0.497 e. The molecule has 0 fully saturated rings. The molecule has 0 unspecified atom stereocenters. The lowest BCUT2D eigenvalue weighted by molar-refractivity contribution is 0.414. The Morgan fingerprint density at radius 1 is 1.30 bits per heavy atom. The Hall–Kier alpha value is -2.72. The maximum atomic E-state index is 12.6. The van der Waals surface area contributed by atoms with Crippen LogP contribution in [0.15, 0.2) is 46.6 Å². The molecule has 0 atom stereocenters. The SMILES string of the molecule is CC#CCSc1nnc2c(=O)n(-c3cccc(OC)c3)ccn12. The molecule has 0 aliphatic rings. The topological polar surface area (TPSA) is 61.4 Å². The quantitative estimate of drug-likeness (QED) is 0.542. The molecule has 0 aliphatic carbocycles. The lowest BCUT2D eigenvalue weighted by atomic mass is 10.3. The highest BCUT2D eigenvalue weighted by Crippen LogP contribution is 2.17. The Bertz CT molecular complexity index is 965. The lowest BCUT2D eigenvalue weighted by Crippen LogP contribution is -2.20. The first kappa shape index (κ1) is 15.2. The van der Waals surface area contributed by atoms with Crippen LogP contribution in [0.25, 0.3) is 11.3 Å². The molecule has 23 heavy (non-hydrogen) atoms. The Kier molecular flexibility index (Phi) is 4.35. The van der Waals surface area contributed by atoms with Gasteiger partial charge in [0.25, 0.3) is 0 Å². The Morgan fingerprint density at radius 3 is 2.96 bits per heavy atom. The molecule has 2 heterocycles. The van der Waals surface area contributed by atoms with Crippen LogP contribution >= 0.6 is 11.8 Å². The molecule has 116 valence electrons. The van der Waals surface area contributed by atoms with E-state index in [1.54, 1.807) is 36.9 Å². The third kappa shape index (κ3) is 2.94. The van der Waals surface area contributed by atoms with E-state index >= 15 is 0 Å². The van der Waals surface area contributed by atoms with E-state index < -0.39 is 0 Å². The highest BCUT2D eigenvalue weighted by Gasteiger charge is 2.11. The third-order valence-electron chi connectivity index (χ3n) is 3.22. The van der Waals surface area contributed by atoms with Gasteiger partial charge < -0.3 is 4.74 Å². The van der Waals surface area contributed by atoms with Gasteiger partial charge in [-0.25, -0.2) is 0 Å². The van der Waals surface area contributed by atoms with Crippen molar-refractivity contribution in [2.24, 2.45) is 0 Å². The minimum absolute atomic E-state index is 0.235. The number of thioether (sulfide) groups is 1. The van der Waals surface area contributed by atoms with Crippen molar-refractivity contribution in [2.75, 3.05) is 12.9 Å². The van der Waals surface area contributed by atoms with Crippen molar-refractivity contribution >= 4 is 17.4 Å². The fourth-order valence-electron chi connectivity index (χ4n) is 2.10. The van der Waals surface area contributed by atoms with Gasteiger partial charge >= 0.3 is 5.56 Å². The molecule has 0 spiro atoms. The number of hydrogen-bond acceptors (Lipinski definition) is 5. The summed E-state index contributed by atoms with van der Waals surface area (Å²) in [7, 11) is 1.59. The first-order valence-electron chi connectivity index (χ1n) is 6.88. The summed E-state index contributed by atoms with van der Waals surface area (Å²) in [5.41, 5.74) is 0.759. The second-order valence-corrected chi connectivity index (χ2v) is 5.51. The number of fused-ring (bicyclic) bond motifs is 1. The Balaban J connectivity index is 2.05. The van der Waals surface area contributed by atoms with Crippen molar-refractivity contribution in [3.05, 3.63) is 47.0 Å². The zero-order valence-corrected chi connectivity index (χ0v) is 13.5. The van der Waals surface area contributed by atoms with Crippen LogP contribution in [0.5, 0.6) is 5.75 Å². The van der Waals surface area contributed by atoms with Crippen LogP contribution in [0.4, 0.5) is 0 Å². The second-order valence-electron chi connectivity index (χ2n) is 4.57. The predicted octanol–water partition coefficient (Wildman–Crippen LogP) is 2.00. The van der Waals surface area contributed by atoms with Gasteiger partial charge in [-0.3, -0.25) is 13.8 Å². The van der Waals surface area contributed by atoms with E-state index in [4.69, 9.17) is 4.74 Å². The molecule has 0 bridgehead atoms. The summed E-state index contributed by atoms with van der Waals surface area (Å²) in [4.78, 5) is 12.6. The number of benzene rings is 1. The molecule has 2 aromatic heterocycles. The number of aromatic nitrogens is 4. The number of nitrogens with zero attached hydrogens (tertiary/aromatic N) is 4. The van der Waals surface area contributed by atoms with Crippen molar-refractivity contribution in [1.29, 1.82) is 0 Å². The first-order valence-corrected chi connectivity index (χ1v) is 7.86.